The highest BCUT2D eigenvalue weighted by Gasteiger charge is 2.24. The van der Waals surface area contributed by atoms with Crippen molar-refractivity contribution in [2.75, 3.05) is 25.7 Å². The largest absolute Gasteiger partial charge is 0.493 e. The molecule has 22 heavy (non-hydrogen) atoms. The van der Waals surface area contributed by atoms with E-state index in [1.807, 2.05) is 52.1 Å². The second kappa shape index (κ2) is 8.79. The first-order chi connectivity index (χ1) is 10.3. The zero-order valence-electron chi connectivity index (χ0n) is 14.3. The number of methoxy groups -OCH3 is 1. The lowest BCUT2D eigenvalue weighted by Crippen LogP contribution is -2.36. The van der Waals surface area contributed by atoms with Gasteiger partial charge < -0.3 is 9.47 Å². The van der Waals surface area contributed by atoms with E-state index in [0.717, 1.165) is 17.1 Å². The Balaban J connectivity index is 3.05. The normalized spacial score (nSPS) is 14.5. The Morgan fingerprint density at radius 1 is 1.32 bits per heavy atom. The van der Waals surface area contributed by atoms with Gasteiger partial charge in [0.25, 0.3) is 0 Å². The highest BCUT2D eigenvalue weighted by Crippen LogP contribution is 2.31. The SMILES string of the molecule is CCOc1cc(C(CSC)NS(=O)C(C)(C)C)ccc1OC. The zero-order valence-corrected chi connectivity index (χ0v) is 15.9. The third-order valence-electron chi connectivity index (χ3n) is 3.03. The van der Waals surface area contributed by atoms with Gasteiger partial charge in [0.05, 0.1) is 35.5 Å². The van der Waals surface area contributed by atoms with Crippen LogP contribution in [0.4, 0.5) is 0 Å². The Bertz CT molecular complexity index is 501. The summed E-state index contributed by atoms with van der Waals surface area (Å²) in [6.07, 6.45) is 2.04. The first-order valence-electron chi connectivity index (χ1n) is 7.31. The number of benzene rings is 1. The Morgan fingerprint density at radius 3 is 2.50 bits per heavy atom. The third kappa shape index (κ3) is 5.48. The average molecular weight is 346 g/mol. The van der Waals surface area contributed by atoms with Crippen molar-refractivity contribution in [3.05, 3.63) is 23.8 Å². The van der Waals surface area contributed by atoms with Crippen molar-refractivity contribution in [2.45, 2.75) is 38.5 Å². The van der Waals surface area contributed by atoms with E-state index in [-0.39, 0.29) is 10.8 Å². The fourth-order valence-corrected chi connectivity index (χ4v) is 3.40. The van der Waals surface area contributed by atoms with Gasteiger partial charge in [-0.05, 0) is 51.6 Å². The molecule has 0 aliphatic heterocycles. The predicted octanol–water partition coefficient (Wildman–Crippen LogP) is 3.55. The van der Waals surface area contributed by atoms with Crippen LogP contribution >= 0.6 is 11.8 Å². The van der Waals surface area contributed by atoms with Crippen LogP contribution in [-0.2, 0) is 11.0 Å². The van der Waals surface area contributed by atoms with Gasteiger partial charge in [-0.2, -0.15) is 11.8 Å². The minimum absolute atomic E-state index is 0.000158. The summed E-state index contributed by atoms with van der Waals surface area (Å²) in [7, 11) is 0.507. The van der Waals surface area contributed by atoms with Crippen molar-refractivity contribution < 1.29 is 13.7 Å². The molecule has 2 unspecified atom stereocenters. The van der Waals surface area contributed by atoms with Crippen LogP contribution in [0, 0.1) is 0 Å². The van der Waals surface area contributed by atoms with Crippen LogP contribution < -0.4 is 14.2 Å². The first-order valence-corrected chi connectivity index (χ1v) is 9.85. The van der Waals surface area contributed by atoms with Crippen molar-refractivity contribution in [3.8, 4) is 11.5 Å². The molecule has 126 valence electrons. The van der Waals surface area contributed by atoms with E-state index >= 15 is 0 Å². The summed E-state index contributed by atoms with van der Waals surface area (Å²) in [6, 6.07) is 5.86. The maximum absolute atomic E-state index is 12.4. The quantitative estimate of drug-likeness (QED) is 0.783. The van der Waals surface area contributed by atoms with Crippen LogP contribution in [-0.4, -0.2) is 34.7 Å². The van der Waals surface area contributed by atoms with E-state index in [4.69, 9.17) is 9.47 Å². The Hall–Kier alpha value is -0.720. The van der Waals surface area contributed by atoms with Crippen molar-refractivity contribution >= 4 is 22.7 Å². The fraction of sp³-hybridized carbons (Fsp3) is 0.625. The van der Waals surface area contributed by atoms with Crippen LogP contribution in [0.15, 0.2) is 18.2 Å². The molecule has 0 aliphatic rings. The summed E-state index contributed by atoms with van der Waals surface area (Å²) in [5, 5.41) is 0. The van der Waals surface area contributed by atoms with Crippen molar-refractivity contribution in [1.82, 2.24) is 4.72 Å². The summed E-state index contributed by atoms with van der Waals surface area (Å²) >= 11 is 1.72. The number of hydrogen-bond donors (Lipinski definition) is 1. The van der Waals surface area contributed by atoms with Crippen molar-refractivity contribution in [2.24, 2.45) is 0 Å². The molecule has 4 nitrogen and oxygen atoms in total. The number of nitrogens with one attached hydrogen (secondary N) is 1. The second-order valence-electron chi connectivity index (χ2n) is 5.85. The monoisotopic (exact) mass is 345 g/mol. The number of rotatable bonds is 8. The number of thioether (sulfide) groups is 1. The molecule has 0 spiro atoms. The maximum Gasteiger partial charge on any atom is 0.161 e. The topological polar surface area (TPSA) is 47.6 Å². The van der Waals surface area contributed by atoms with Gasteiger partial charge in [-0.3, -0.25) is 0 Å². The van der Waals surface area contributed by atoms with E-state index in [2.05, 4.69) is 4.72 Å². The Labute approximate surface area is 140 Å². The highest BCUT2D eigenvalue weighted by atomic mass is 32.2. The molecule has 0 aromatic heterocycles. The van der Waals surface area contributed by atoms with Crippen molar-refractivity contribution in [1.29, 1.82) is 0 Å². The van der Waals surface area contributed by atoms with Gasteiger partial charge in [-0.1, -0.05) is 6.07 Å². The van der Waals surface area contributed by atoms with Gasteiger partial charge in [0.2, 0.25) is 0 Å². The Kier molecular flexibility index (Phi) is 7.72. The summed E-state index contributed by atoms with van der Waals surface area (Å²) in [5.41, 5.74) is 1.05. The standard InChI is InChI=1S/C16H27NO3S2/c1-7-20-15-10-12(8-9-14(15)19-5)13(11-21-6)17-22(18)16(2,3)4/h8-10,13,17H,7,11H2,1-6H3. The molecule has 1 N–H and O–H groups in total. The van der Waals surface area contributed by atoms with Crippen LogP contribution in [0.25, 0.3) is 0 Å². The molecule has 0 radical (unpaired) electrons. The maximum atomic E-state index is 12.4. The molecule has 0 fully saturated rings. The smallest absolute Gasteiger partial charge is 0.161 e. The summed E-state index contributed by atoms with van der Waals surface area (Å²) in [5.74, 6) is 2.27. The van der Waals surface area contributed by atoms with Crippen LogP contribution in [0.1, 0.15) is 39.3 Å². The summed E-state index contributed by atoms with van der Waals surface area (Å²) < 4.78 is 26.3. The van der Waals surface area contributed by atoms with Gasteiger partial charge in [-0.25, -0.2) is 8.93 Å². The fourth-order valence-electron chi connectivity index (χ4n) is 1.85. The zero-order chi connectivity index (χ0) is 16.8. The third-order valence-corrected chi connectivity index (χ3v) is 5.31. The second-order valence-corrected chi connectivity index (χ2v) is 8.76. The van der Waals surface area contributed by atoms with Crippen molar-refractivity contribution in [3.63, 3.8) is 0 Å². The molecule has 1 aromatic carbocycles. The lowest BCUT2D eigenvalue weighted by atomic mass is 10.1. The molecular formula is C16H27NO3S2. The van der Waals surface area contributed by atoms with Gasteiger partial charge in [0.1, 0.15) is 0 Å². The van der Waals surface area contributed by atoms with Crippen LogP contribution in [0.2, 0.25) is 0 Å². The Morgan fingerprint density at radius 2 is 2.00 bits per heavy atom. The lowest BCUT2D eigenvalue weighted by molar-refractivity contribution is 0.310. The summed E-state index contributed by atoms with van der Waals surface area (Å²) in [6.45, 7) is 8.41. The predicted molar refractivity (Wildman–Crippen MR) is 96.3 cm³/mol. The highest BCUT2D eigenvalue weighted by molar-refractivity contribution is 7.98. The molecule has 0 saturated carbocycles. The average Bonchev–Trinajstić information content (AvgIpc) is 2.46. The van der Waals surface area contributed by atoms with E-state index in [0.29, 0.717) is 12.4 Å². The molecule has 0 aliphatic carbocycles. The van der Waals surface area contributed by atoms with Crippen LogP contribution in [0.5, 0.6) is 11.5 Å². The molecule has 0 amide bonds. The summed E-state index contributed by atoms with van der Waals surface area (Å²) in [4.78, 5) is 0. The van der Waals surface area contributed by atoms with E-state index in [9.17, 15) is 4.21 Å². The molecular weight excluding hydrogens is 318 g/mol. The van der Waals surface area contributed by atoms with E-state index in [1.54, 1.807) is 18.9 Å². The minimum Gasteiger partial charge on any atom is -0.493 e. The molecule has 6 heteroatoms. The molecule has 1 aromatic rings. The molecule has 2 atom stereocenters. The number of hydrogen-bond acceptors (Lipinski definition) is 4. The number of ether oxygens (including phenoxy) is 2. The first kappa shape index (κ1) is 19.3. The lowest BCUT2D eigenvalue weighted by Gasteiger charge is -2.24. The van der Waals surface area contributed by atoms with Gasteiger partial charge in [-0.15, -0.1) is 0 Å². The molecule has 0 bridgehead atoms. The molecule has 1 rings (SSSR count). The van der Waals surface area contributed by atoms with E-state index in [1.165, 1.54) is 0 Å². The molecule has 0 saturated heterocycles. The van der Waals surface area contributed by atoms with Gasteiger partial charge >= 0.3 is 0 Å². The minimum atomic E-state index is -1.12. The van der Waals surface area contributed by atoms with E-state index < -0.39 is 11.0 Å². The molecule has 0 heterocycles. The van der Waals surface area contributed by atoms with Gasteiger partial charge in [0, 0.05) is 5.75 Å². The van der Waals surface area contributed by atoms with Crippen LogP contribution in [0.3, 0.4) is 0 Å². The van der Waals surface area contributed by atoms with Gasteiger partial charge in [0.15, 0.2) is 11.5 Å².